The number of nitrogens with zero attached hydrogens (tertiary/aromatic N) is 1. The molecule has 1 unspecified atom stereocenters. The molecule has 1 amide bonds. The minimum atomic E-state index is -0.664. The predicted octanol–water partition coefficient (Wildman–Crippen LogP) is 3.03. The number of aromatic amines is 1. The molecule has 1 heterocycles. The molecule has 0 radical (unpaired) electrons. The number of para-hydroxylation sites is 1. The Morgan fingerprint density at radius 3 is 2.95 bits per heavy atom. The van der Waals surface area contributed by atoms with Crippen LogP contribution in [0.1, 0.15) is 19.4 Å². The van der Waals surface area contributed by atoms with Crippen molar-refractivity contribution in [2.75, 3.05) is 5.32 Å². The van der Waals surface area contributed by atoms with Crippen LogP contribution in [0.25, 0.3) is 0 Å². The number of benzene rings is 1. The molecular formula is C14H16ClN3O2. The second kappa shape index (κ2) is 6.43. The number of H-pyrrole nitrogens is 1. The van der Waals surface area contributed by atoms with E-state index in [0.717, 1.165) is 12.0 Å². The summed E-state index contributed by atoms with van der Waals surface area (Å²) in [7, 11) is 0. The van der Waals surface area contributed by atoms with E-state index in [1.54, 1.807) is 37.4 Å². The standard InChI is InChI=1S/C14H16ClN3O2/c1-3-10-8-16-18-13(10)17-14(19)9(2)20-12-7-5-4-6-11(12)15/h4-9H,3H2,1-2H3,(H2,16,17,18,19). The summed E-state index contributed by atoms with van der Waals surface area (Å²) in [6.07, 6.45) is 1.81. The summed E-state index contributed by atoms with van der Waals surface area (Å²) < 4.78 is 5.55. The fourth-order valence-electron chi connectivity index (χ4n) is 1.70. The van der Waals surface area contributed by atoms with Gasteiger partial charge in [0.2, 0.25) is 0 Å². The molecule has 0 fully saturated rings. The van der Waals surface area contributed by atoms with Crippen LogP contribution in [0.15, 0.2) is 30.5 Å². The van der Waals surface area contributed by atoms with Gasteiger partial charge in [-0.1, -0.05) is 30.7 Å². The summed E-state index contributed by atoms with van der Waals surface area (Å²) in [5.74, 6) is 0.827. The van der Waals surface area contributed by atoms with Crippen molar-refractivity contribution >= 4 is 23.3 Å². The van der Waals surface area contributed by atoms with Crippen LogP contribution in [0.5, 0.6) is 5.75 Å². The number of hydrogen-bond acceptors (Lipinski definition) is 3. The molecular weight excluding hydrogens is 278 g/mol. The molecule has 106 valence electrons. The summed E-state index contributed by atoms with van der Waals surface area (Å²) in [5, 5.41) is 9.89. The van der Waals surface area contributed by atoms with Crippen molar-refractivity contribution in [3.8, 4) is 5.75 Å². The van der Waals surface area contributed by atoms with Gasteiger partial charge in [-0.25, -0.2) is 0 Å². The lowest BCUT2D eigenvalue weighted by Gasteiger charge is -2.15. The largest absolute Gasteiger partial charge is 0.479 e. The number of aryl methyl sites for hydroxylation is 1. The van der Waals surface area contributed by atoms with Crippen molar-refractivity contribution in [1.82, 2.24) is 10.2 Å². The minimum Gasteiger partial charge on any atom is -0.479 e. The molecule has 1 aromatic carbocycles. The van der Waals surface area contributed by atoms with Crippen LogP contribution in [-0.2, 0) is 11.2 Å². The van der Waals surface area contributed by atoms with Crippen molar-refractivity contribution in [1.29, 1.82) is 0 Å². The fraction of sp³-hybridized carbons (Fsp3) is 0.286. The maximum Gasteiger partial charge on any atom is 0.266 e. The van der Waals surface area contributed by atoms with Crippen LogP contribution in [0, 0.1) is 0 Å². The number of anilines is 1. The van der Waals surface area contributed by atoms with Gasteiger partial charge in [-0.2, -0.15) is 5.10 Å². The zero-order chi connectivity index (χ0) is 14.5. The van der Waals surface area contributed by atoms with Gasteiger partial charge in [0.15, 0.2) is 6.10 Å². The minimum absolute atomic E-state index is 0.260. The van der Waals surface area contributed by atoms with E-state index >= 15 is 0 Å². The number of carbonyl (C=O) groups is 1. The lowest BCUT2D eigenvalue weighted by atomic mass is 10.2. The Kier molecular flexibility index (Phi) is 4.63. The highest BCUT2D eigenvalue weighted by atomic mass is 35.5. The number of rotatable bonds is 5. The fourth-order valence-corrected chi connectivity index (χ4v) is 1.88. The number of halogens is 1. The smallest absolute Gasteiger partial charge is 0.266 e. The number of hydrogen-bond donors (Lipinski definition) is 2. The number of carbonyl (C=O) groups excluding carboxylic acids is 1. The Morgan fingerprint density at radius 2 is 2.25 bits per heavy atom. The van der Waals surface area contributed by atoms with Crippen molar-refractivity contribution in [3.63, 3.8) is 0 Å². The Balaban J connectivity index is 2.01. The van der Waals surface area contributed by atoms with E-state index in [4.69, 9.17) is 16.3 Å². The van der Waals surface area contributed by atoms with E-state index < -0.39 is 6.10 Å². The molecule has 2 aromatic rings. The summed E-state index contributed by atoms with van der Waals surface area (Å²) in [6, 6.07) is 7.04. The molecule has 0 aliphatic rings. The number of ether oxygens (including phenoxy) is 1. The third-order valence-corrected chi connectivity index (χ3v) is 3.17. The maximum atomic E-state index is 12.1. The molecule has 2 N–H and O–H groups in total. The SMILES string of the molecule is CCc1cn[nH]c1NC(=O)C(C)Oc1ccccc1Cl. The number of amides is 1. The van der Waals surface area contributed by atoms with Crippen LogP contribution in [-0.4, -0.2) is 22.2 Å². The second-order valence-corrected chi connectivity index (χ2v) is 4.71. The van der Waals surface area contributed by atoms with Crippen LogP contribution in [0.3, 0.4) is 0 Å². The average Bonchev–Trinajstić information content (AvgIpc) is 2.88. The van der Waals surface area contributed by atoms with Gasteiger partial charge in [-0.05, 0) is 25.5 Å². The molecule has 5 nitrogen and oxygen atoms in total. The van der Waals surface area contributed by atoms with Gasteiger partial charge < -0.3 is 10.1 Å². The van der Waals surface area contributed by atoms with E-state index in [9.17, 15) is 4.79 Å². The first-order valence-electron chi connectivity index (χ1n) is 6.36. The molecule has 0 bridgehead atoms. The molecule has 6 heteroatoms. The molecule has 20 heavy (non-hydrogen) atoms. The average molecular weight is 294 g/mol. The zero-order valence-corrected chi connectivity index (χ0v) is 12.1. The lowest BCUT2D eigenvalue weighted by molar-refractivity contribution is -0.122. The molecule has 2 rings (SSSR count). The third kappa shape index (κ3) is 3.30. The monoisotopic (exact) mass is 293 g/mol. The van der Waals surface area contributed by atoms with Gasteiger partial charge in [0.25, 0.3) is 5.91 Å². The third-order valence-electron chi connectivity index (χ3n) is 2.86. The Labute approximate surface area is 122 Å². The number of nitrogens with one attached hydrogen (secondary N) is 2. The van der Waals surface area contributed by atoms with Crippen molar-refractivity contribution in [2.45, 2.75) is 26.4 Å². The molecule has 0 saturated carbocycles. The summed E-state index contributed by atoms with van der Waals surface area (Å²) in [6.45, 7) is 3.66. The topological polar surface area (TPSA) is 67.0 Å². The molecule has 1 atom stereocenters. The van der Waals surface area contributed by atoms with E-state index in [2.05, 4.69) is 15.5 Å². The molecule has 0 aliphatic heterocycles. The Hall–Kier alpha value is -2.01. The van der Waals surface area contributed by atoms with Gasteiger partial charge >= 0.3 is 0 Å². The van der Waals surface area contributed by atoms with Gasteiger partial charge in [0.05, 0.1) is 11.2 Å². The second-order valence-electron chi connectivity index (χ2n) is 4.30. The molecule has 0 saturated heterocycles. The van der Waals surface area contributed by atoms with E-state index in [0.29, 0.717) is 16.6 Å². The van der Waals surface area contributed by atoms with Crippen molar-refractivity contribution in [3.05, 3.63) is 41.0 Å². The van der Waals surface area contributed by atoms with E-state index in [1.165, 1.54) is 0 Å². The van der Waals surface area contributed by atoms with E-state index in [1.807, 2.05) is 6.92 Å². The highest BCUT2D eigenvalue weighted by Gasteiger charge is 2.17. The van der Waals surface area contributed by atoms with Crippen LogP contribution in [0.2, 0.25) is 5.02 Å². The normalized spacial score (nSPS) is 11.9. The lowest BCUT2D eigenvalue weighted by Crippen LogP contribution is -2.30. The van der Waals surface area contributed by atoms with Crippen molar-refractivity contribution in [2.24, 2.45) is 0 Å². The highest BCUT2D eigenvalue weighted by molar-refractivity contribution is 6.32. The van der Waals surface area contributed by atoms with Crippen LogP contribution >= 0.6 is 11.6 Å². The zero-order valence-electron chi connectivity index (χ0n) is 11.3. The van der Waals surface area contributed by atoms with Crippen LogP contribution < -0.4 is 10.1 Å². The maximum absolute atomic E-state index is 12.1. The van der Waals surface area contributed by atoms with Gasteiger partial charge in [0, 0.05) is 5.56 Å². The van der Waals surface area contributed by atoms with Gasteiger partial charge in [0.1, 0.15) is 11.6 Å². The molecule has 0 spiro atoms. The summed E-state index contributed by atoms with van der Waals surface area (Å²) in [5.41, 5.74) is 0.947. The van der Waals surface area contributed by atoms with Crippen LogP contribution in [0.4, 0.5) is 5.82 Å². The first kappa shape index (κ1) is 14.4. The number of aromatic nitrogens is 2. The first-order chi connectivity index (χ1) is 9.61. The Morgan fingerprint density at radius 1 is 1.50 bits per heavy atom. The predicted molar refractivity (Wildman–Crippen MR) is 78.1 cm³/mol. The van der Waals surface area contributed by atoms with Gasteiger partial charge in [-0.15, -0.1) is 0 Å². The molecule has 0 aliphatic carbocycles. The highest BCUT2D eigenvalue weighted by Crippen LogP contribution is 2.24. The summed E-state index contributed by atoms with van der Waals surface area (Å²) in [4.78, 5) is 12.1. The van der Waals surface area contributed by atoms with Gasteiger partial charge in [-0.3, -0.25) is 9.89 Å². The quantitative estimate of drug-likeness (QED) is 0.890. The summed E-state index contributed by atoms with van der Waals surface area (Å²) >= 11 is 5.99. The Bertz CT molecular complexity index is 598. The van der Waals surface area contributed by atoms with E-state index in [-0.39, 0.29) is 5.91 Å². The first-order valence-corrected chi connectivity index (χ1v) is 6.74. The van der Waals surface area contributed by atoms with Crippen molar-refractivity contribution < 1.29 is 9.53 Å². The molecule has 1 aromatic heterocycles.